The number of morpholine rings is 1. The van der Waals surface area contributed by atoms with Gasteiger partial charge in [0, 0.05) is 13.1 Å². The van der Waals surface area contributed by atoms with Gasteiger partial charge < -0.3 is 15.4 Å². The first-order valence-corrected chi connectivity index (χ1v) is 6.59. The highest BCUT2D eigenvalue weighted by atomic mass is 32.1. The Morgan fingerprint density at radius 3 is 2.89 bits per heavy atom. The second-order valence-corrected chi connectivity index (χ2v) is 5.12. The average Bonchev–Trinajstić information content (AvgIpc) is 2.83. The zero-order chi connectivity index (χ0) is 12.5. The van der Waals surface area contributed by atoms with Crippen molar-refractivity contribution in [1.82, 2.24) is 4.98 Å². The lowest BCUT2D eigenvalue weighted by atomic mass is 10.2. The molecule has 1 fully saturated rings. The summed E-state index contributed by atoms with van der Waals surface area (Å²) in [7, 11) is 0. The Kier molecular flexibility index (Phi) is 2.89. The van der Waals surface area contributed by atoms with Crippen molar-refractivity contribution in [1.29, 1.82) is 0 Å². The van der Waals surface area contributed by atoms with Gasteiger partial charge in [0.25, 0.3) is 5.91 Å². The second kappa shape index (κ2) is 4.55. The first kappa shape index (κ1) is 11.4. The lowest BCUT2D eigenvalue weighted by Gasteiger charge is -2.25. The van der Waals surface area contributed by atoms with Gasteiger partial charge in [-0.2, -0.15) is 0 Å². The summed E-state index contributed by atoms with van der Waals surface area (Å²) < 4.78 is 6.31. The summed E-state index contributed by atoms with van der Waals surface area (Å²) in [6.45, 7) is 3.12. The van der Waals surface area contributed by atoms with E-state index in [0.29, 0.717) is 11.1 Å². The molecule has 2 aromatic rings. The molecule has 0 unspecified atom stereocenters. The fourth-order valence-electron chi connectivity index (χ4n) is 2.03. The third-order valence-electron chi connectivity index (χ3n) is 2.95. The molecule has 2 heterocycles. The quantitative estimate of drug-likeness (QED) is 0.885. The molecule has 94 valence electrons. The molecule has 3 rings (SSSR count). The first-order valence-electron chi connectivity index (χ1n) is 5.78. The van der Waals surface area contributed by atoms with Crippen molar-refractivity contribution in [3.8, 4) is 0 Å². The van der Waals surface area contributed by atoms with Gasteiger partial charge in [-0.1, -0.05) is 17.4 Å². The SMILES string of the molecule is NC(=O)c1cccc2sc(N3CCOCC3)nc12. The maximum absolute atomic E-state index is 11.4. The van der Waals surface area contributed by atoms with Gasteiger partial charge in [-0.3, -0.25) is 4.79 Å². The molecular weight excluding hydrogens is 250 g/mol. The first-order chi connectivity index (χ1) is 8.75. The van der Waals surface area contributed by atoms with Gasteiger partial charge in [-0.25, -0.2) is 4.98 Å². The molecule has 1 saturated heterocycles. The summed E-state index contributed by atoms with van der Waals surface area (Å²) in [5.41, 5.74) is 6.55. The number of ether oxygens (including phenoxy) is 1. The van der Waals surface area contributed by atoms with Crippen molar-refractivity contribution in [3.05, 3.63) is 23.8 Å². The highest BCUT2D eigenvalue weighted by Gasteiger charge is 2.17. The van der Waals surface area contributed by atoms with Crippen molar-refractivity contribution in [2.45, 2.75) is 0 Å². The van der Waals surface area contributed by atoms with E-state index < -0.39 is 5.91 Å². The highest BCUT2D eigenvalue weighted by molar-refractivity contribution is 7.22. The number of primary amides is 1. The topological polar surface area (TPSA) is 68.5 Å². The van der Waals surface area contributed by atoms with Crippen LogP contribution in [0.2, 0.25) is 0 Å². The Morgan fingerprint density at radius 2 is 2.17 bits per heavy atom. The average molecular weight is 263 g/mol. The Balaban J connectivity index is 2.04. The highest BCUT2D eigenvalue weighted by Crippen LogP contribution is 2.30. The van der Waals surface area contributed by atoms with Crippen molar-refractivity contribution < 1.29 is 9.53 Å². The monoisotopic (exact) mass is 263 g/mol. The van der Waals surface area contributed by atoms with Crippen molar-refractivity contribution in [3.63, 3.8) is 0 Å². The van der Waals surface area contributed by atoms with Gasteiger partial charge in [-0.05, 0) is 12.1 Å². The lowest BCUT2D eigenvalue weighted by Crippen LogP contribution is -2.36. The van der Waals surface area contributed by atoms with E-state index >= 15 is 0 Å². The van der Waals surface area contributed by atoms with Gasteiger partial charge in [0.2, 0.25) is 0 Å². The molecule has 1 aromatic carbocycles. The number of para-hydroxylation sites is 1. The minimum Gasteiger partial charge on any atom is -0.378 e. The van der Waals surface area contributed by atoms with E-state index in [-0.39, 0.29) is 0 Å². The molecule has 1 aliphatic heterocycles. The Bertz CT molecular complexity index is 590. The van der Waals surface area contributed by atoms with Crippen LogP contribution in [0.4, 0.5) is 5.13 Å². The second-order valence-electron chi connectivity index (χ2n) is 4.11. The van der Waals surface area contributed by atoms with Crippen LogP contribution < -0.4 is 10.6 Å². The largest absolute Gasteiger partial charge is 0.378 e. The summed E-state index contributed by atoms with van der Waals surface area (Å²) in [6, 6.07) is 5.51. The predicted octanol–water partition coefficient (Wildman–Crippen LogP) is 1.23. The number of rotatable bonds is 2. The van der Waals surface area contributed by atoms with Gasteiger partial charge in [0.1, 0.15) is 0 Å². The molecule has 1 aliphatic rings. The Morgan fingerprint density at radius 1 is 1.39 bits per heavy atom. The van der Waals surface area contributed by atoms with Crippen LogP contribution in [-0.4, -0.2) is 37.2 Å². The van der Waals surface area contributed by atoms with Crippen LogP contribution in [0.25, 0.3) is 10.2 Å². The number of aromatic nitrogens is 1. The van der Waals surface area contributed by atoms with E-state index in [9.17, 15) is 4.79 Å². The number of amides is 1. The van der Waals surface area contributed by atoms with Crippen molar-refractivity contribution in [2.75, 3.05) is 31.2 Å². The minimum atomic E-state index is -0.431. The number of nitrogens with zero attached hydrogens (tertiary/aromatic N) is 2. The molecule has 6 heteroatoms. The maximum Gasteiger partial charge on any atom is 0.250 e. The molecule has 0 aliphatic carbocycles. The van der Waals surface area contributed by atoms with Crippen LogP contribution in [0.1, 0.15) is 10.4 Å². The molecule has 1 aromatic heterocycles. The van der Waals surface area contributed by atoms with Crippen LogP contribution in [0.3, 0.4) is 0 Å². The molecular formula is C12H13N3O2S. The molecule has 18 heavy (non-hydrogen) atoms. The maximum atomic E-state index is 11.4. The number of anilines is 1. The number of thiazole rings is 1. The third kappa shape index (κ3) is 1.93. The number of fused-ring (bicyclic) bond motifs is 1. The van der Waals surface area contributed by atoms with Gasteiger partial charge in [0.15, 0.2) is 5.13 Å². The lowest BCUT2D eigenvalue weighted by molar-refractivity contribution is 0.100. The summed E-state index contributed by atoms with van der Waals surface area (Å²) >= 11 is 1.59. The normalized spacial score (nSPS) is 16.1. The molecule has 1 amide bonds. The Labute approximate surface area is 108 Å². The van der Waals surface area contributed by atoms with Crippen LogP contribution in [0, 0.1) is 0 Å². The summed E-state index contributed by atoms with van der Waals surface area (Å²) in [5, 5.41) is 0.932. The zero-order valence-corrected chi connectivity index (χ0v) is 10.6. The third-order valence-corrected chi connectivity index (χ3v) is 4.04. The molecule has 5 nitrogen and oxygen atoms in total. The van der Waals surface area contributed by atoms with E-state index in [2.05, 4.69) is 9.88 Å². The van der Waals surface area contributed by atoms with Crippen LogP contribution >= 0.6 is 11.3 Å². The summed E-state index contributed by atoms with van der Waals surface area (Å²) in [5.74, 6) is -0.431. The molecule has 0 radical (unpaired) electrons. The fourth-order valence-corrected chi connectivity index (χ4v) is 3.07. The van der Waals surface area contributed by atoms with Gasteiger partial charge in [-0.15, -0.1) is 0 Å². The van der Waals surface area contributed by atoms with E-state index in [1.807, 2.05) is 12.1 Å². The minimum absolute atomic E-state index is 0.431. The number of hydrogen-bond donors (Lipinski definition) is 1. The standard InChI is InChI=1S/C12H13N3O2S/c13-11(16)8-2-1-3-9-10(8)14-12(18-9)15-4-6-17-7-5-15/h1-3H,4-7H2,(H2,13,16). The molecule has 0 bridgehead atoms. The molecule has 2 N–H and O–H groups in total. The van der Waals surface area contributed by atoms with Gasteiger partial charge >= 0.3 is 0 Å². The van der Waals surface area contributed by atoms with Crippen molar-refractivity contribution in [2.24, 2.45) is 5.73 Å². The summed E-state index contributed by atoms with van der Waals surface area (Å²) in [6.07, 6.45) is 0. The number of carbonyl (C=O) groups is 1. The smallest absolute Gasteiger partial charge is 0.250 e. The zero-order valence-electron chi connectivity index (χ0n) is 9.76. The molecule has 0 atom stereocenters. The van der Waals surface area contributed by atoms with Crippen molar-refractivity contribution >= 4 is 32.6 Å². The van der Waals surface area contributed by atoms with E-state index in [0.717, 1.165) is 36.1 Å². The van der Waals surface area contributed by atoms with E-state index in [1.54, 1.807) is 17.4 Å². The predicted molar refractivity (Wildman–Crippen MR) is 71.2 cm³/mol. The number of nitrogens with two attached hydrogens (primary N) is 1. The summed E-state index contributed by atoms with van der Waals surface area (Å²) in [4.78, 5) is 18.1. The van der Waals surface area contributed by atoms with E-state index in [1.165, 1.54) is 0 Å². The number of hydrogen-bond acceptors (Lipinski definition) is 5. The molecule has 0 spiro atoms. The van der Waals surface area contributed by atoms with Gasteiger partial charge in [0.05, 0.1) is 29.0 Å². The van der Waals surface area contributed by atoms with Crippen LogP contribution in [-0.2, 0) is 4.74 Å². The fraction of sp³-hybridized carbons (Fsp3) is 0.333. The molecule has 0 saturated carbocycles. The number of benzene rings is 1. The van der Waals surface area contributed by atoms with Crippen LogP contribution in [0.15, 0.2) is 18.2 Å². The van der Waals surface area contributed by atoms with Crippen LogP contribution in [0.5, 0.6) is 0 Å². The number of carbonyl (C=O) groups excluding carboxylic acids is 1. The Hall–Kier alpha value is -1.66. The van der Waals surface area contributed by atoms with E-state index in [4.69, 9.17) is 10.5 Å².